The van der Waals surface area contributed by atoms with Crippen molar-refractivity contribution in [1.82, 2.24) is 10.3 Å². The van der Waals surface area contributed by atoms with Crippen molar-refractivity contribution in [2.45, 2.75) is 39.3 Å². The van der Waals surface area contributed by atoms with E-state index in [4.69, 9.17) is 13.9 Å². The van der Waals surface area contributed by atoms with Crippen LogP contribution in [0.25, 0.3) is 21.9 Å². The summed E-state index contributed by atoms with van der Waals surface area (Å²) in [7, 11) is 0. The molecule has 0 unspecified atom stereocenters. The van der Waals surface area contributed by atoms with Crippen LogP contribution in [0, 0.1) is 13.8 Å². The van der Waals surface area contributed by atoms with E-state index in [-0.39, 0.29) is 18.8 Å². The molecule has 0 bridgehead atoms. The molecule has 226 valence electrons. The van der Waals surface area contributed by atoms with Gasteiger partial charge in [-0.1, -0.05) is 78.9 Å². The molecule has 0 aliphatic heterocycles. The summed E-state index contributed by atoms with van der Waals surface area (Å²) < 4.78 is 17.1. The Balaban J connectivity index is 1.26. The van der Waals surface area contributed by atoms with Gasteiger partial charge in [-0.15, -0.1) is 0 Å². The number of ether oxygens (including phenoxy) is 2. The number of benzene rings is 4. The van der Waals surface area contributed by atoms with E-state index in [1.807, 2.05) is 98.0 Å². The number of aromatic nitrogens is 1. The summed E-state index contributed by atoms with van der Waals surface area (Å²) in [5, 5.41) is 4.38. The average molecular weight is 601 g/mol. The predicted molar refractivity (Wildman–Crippen MR) is 172 cm³/mol. The van der Waals surface area contributed by atoms with Crippen molar-refractivity contribution in [1.29, 1.82) is 0 Å². The van der Waals surface area contributed by atoms with Crippen molar-refractivity contribution in [3.05, 3.63) is 147 Å². The normalized spacial score (nSPS) is 11.8. The molecule has 0 fully saturated rings. The van der Waals surface area contributed by atoms with Crippen molar-refractivity contribution in [3.8, 4) is 5.75 Å². The first-order valence-electron chi connectivity index (χ1n) is 14.7. The number of aromatic amines is 1. The van der Waals surface area contributed by atoms with Crippen LogP contribution < -0.4 is 15.7 Å². The first-order valence-corrected chi connectivity index (χ1v) is 14.7. The molecule has 0 spiro atoms. The molecule has 6 aromatic rings. The molecule has 8 nitrogen and oxygen atoms in total. The van der Waals surface area contributed by atoms with Crippen LogP contribution in [0.5, 0.6) is 5.75 Å². The zero-order valence-electron chi connectivity index (χ0n) is 25.0. The molecule has 2 heterocycles. The van der Waals surface area contributed by atoms with Gasteiger partial charge in [0.25, 0.3) is 0 Å². The second-order valence-electron chi connectivity index (χ2n) is 11.0. The van der Waals surface area contributed by atoms with Crippen LogP contribution in [-0.2, 0) is 29.0 Å². The number of carbonyl (C=O) groups is 2. The highest BCUT2D eigenvalue weighted by molar-refractivity contribution is 5.89. The predicted octanol–water partition coefficient (Wildman–Crippen LogP) is 6.93. The number of aryl methyl sites for hydroxylation is 2. The molecule has 45 heavy (non-hydrogen) atoms. The van der Waals surface area contributed by atoms with Gasteiger partial charge in [0.2, 0.25) is 0 Å². The second-order valence-corrected chi connectivity index (χ2v) is 11.0. The molecular weight excluding hydrogens is 568 g/mol. The zero-order valence-corrected chi connectivity index (χ0v) is 25.0. The van der Waals surface area contributed by atoms with Gasteiger partial charge in [0.05, 0.1) is 0 Å². The van der Waals surface area contributed by atoms with E-state index in [9.17, 15) is 14.4 Å². The number of hydrogen-bond acceptors (Lipinski definition) is 6. The standard InChI is InChI=1S/C37H32N2O6/c1-23-28-17-18-33(24(2)34(28)45-35(40)30(23)19-25-11-5-3-6-12-25)44-36(41)32(20-27-21-38-31-16-10-9-15-29(27)31)39-37(42)43-22-26-13-7-4-8-14-26/h3-18,21,32,38H,19-20,22H2,1-2H3,(H,39,42)/t32-/m0/s1. The molecule has 2 N–H and O–H groups in total. The van der Waals surface area contributed by atoms with E-state index >= 15 is 0 Å². The molecule has 2 aromatic heterocycles. The van der Waals surface area contributed by atoms with Gasteiger partial charge in [-0.2, -0.15) is 0 Å². The number of H-pyrrole nitrogens is 1. The molecule has 1 atom stereocenters. The molecule has 0 saturated carbocycles. The number of carbonyl (C=O) groups excluding carboxylic acids is 2. The third-order valence-electron chi connectivity index (χ3n) is 7.98. The second kappa shape index (κ2) is 12.9. The van der Waals surface area contributed by atoms with Gasteiger partial charge >= 0.3 is 17.7 Å². The molecule has 0 aliphatic rings. The number of nitrogens with one attached hydrogen (secondary N) is 2. The fourth-order valence-corrected chi connectivity index (χ4v) is 5.49. The van der Waals surface area contributed by atoms with Crippen LogP contribution in [0.2, 0.25) is 0 Å². The molecule has 0 radical (unpaired) electrons. The monoisotopic (exact) mass is 600 g/mol. The molecule has 0 saturated heterocycles. The van der Waals surface area contributed by atoms with Crippen molar-refractivity contribution < 1.29 is 23.5 Å². The summed E-state index contributed by atoms with van der Waals surface area (Å²) in [5.41, 5.74) is 5.38. The summed E-state index contributed by atoms with van der Waals surface area (Å²) in [6.07, 6.45) is 1.67. The van der Waals surface area contributed by atoms with Crippen LogP contribution in [0.3, 0.4) is 0 Å². The van der Waals surface area contributed by atoms with Gasteiger partial charge in [0.15, 0.2) is 0 Å². The lowest BCUT2D eigenvalue weighted by Crippen LogP contribution is -2.44. The highest BCUT2D eigenvalue weighted by atomic mass is 16.6. The lowest BCUT2D eigenvalue weighted by Gasteiger charge is -2.19. The Kier molecular flexibility index (Phi) is 8.46. The van der Waals surface area contributed by atoms with Gasteiger partial charge in [0, 0.05) is 46.5 Å². The number of alkyl carbamates (subject to hydrolysis) is 1. The Hall–Kier alpha value is -5.63. The number of para-hydroxylation sites is 1. The van der Waals surface area contributed by atoms with Crippen LogP contribution in [0.4, 0.5) is 4.79 Å². The largest absolute Gasteiger partial charge is 0.445 e. The smallest absolute Gasteiger partial charge is 0.408 e. The Labute approximate surface area is 259 Å². The van der Waals surface area contributed by atoms with Crippen molar-refractivity contribution in [2.75, 3.05) is 0 Å². The van der Waals surface area contributed by atoms with Crippen molar-refractivity contribution >= 4 is 33.9 Å². The summed E-state index contributed by atoms with van der Waals surface area (Å²) in [5.74, 6) is -0.451. The molecular formula is C37H32N2O6. The molecule has 1 amide bonds. The Morgan fingerprint density at radius 3 is 2.27 bits per heavy atom. The SMILES string of the molecule is Cc1c(Cc2ccccc2)c(=O)oc2c(C)c(OC(=O)[C@H](Cc3c[nH]c4ccccc34)NC(=O)OCc3ccccc3)ccc12. The fourth-order valence-electron chi connectivity index (χ4n) is 5.49. The van der Waals surface area contributed by atoms with Crippen LogP contribution >= 0.6 is 0 Å². The molecule has 6 rings (SSSR count). The first kappa shape index (κ1) is 29.4. The number of rotatable bonds is 9. The lowest BCUT2D eigenvalue weighted by atomic mass is 9.98. The van der Waals surface area contributed by atoms with Gasteiger partial charge in [-0.05, 0) is 54.3 Å². The number of fused-ring (bicyclic) bond motifs is 2. The quantitative estimate of drug-likeness (QED) is 0.106. The van der Waals surface area contributed by atoms with Gasteiger partial charge < -0.3 is 24.2 Å². The maximum absolute atomic E-state index is 13.7. The van der Waals surface area contributed by atoms with Crippen LogP contribution in [0.15, 0.2) is 112 Å². The maximum atomic E-state index is 13.7. The van der Waals surface area contributed by atoms with Crippen molar-refractivity contribution in [2.24, 2.45) is 0 Å². The van der Waals surface area contributed by atoms with E-state index in [1.165, 1.54) is 0 Å². The van der Waals surface area contributed by atoms with E-state index in [1.54, 1.807) is 19.1 Å². The zero-order chi connectivity index (χ0) is 31.3. The summed E-state index contributed by atoms with van der Waals surface area (Å²) in [6.45, 7) is 3.68. The molecule has 8 heteroatoms. The number of hydrogen-bond donors (Lipinski definition) is 2. The van der Waals surface area contributed by atoms with Gasteiger partial charge in [-0.3, -0.25) is 0 Å². The minimum atomic E-state index is -1.07. The van der Waals surface area contributed by atoms with Gasteiger partial charge in [-0.25, -0.2) is 14.4 Å². The van der Waals surface area contributed by atoms with E-state index in [0.717, 1.165) is 38.5 Å². The number of amides is 1. The summed E-state index contributed by atoms with van der Waals surface area (Å²) in [6, 6.07) is 29.1. The summed E-state index contributed by atoms with van der Waals surface area (Å²) in [4.78, 5) is 42.8. The van der Waals surface area contributed by atoms with E-state index in [2.05, 4.69) is 10.3 Å². The number of esters is 1. The third-order valence-corrected chi connectivity index (χ3v) is 7.98. The molecule has 0 aliphatic carbocycles. The van der Waals surface area contributed by atoms with E-state index in [0.29, 0.717) is 23.1 Å². The Morgan fingerprint density at radius 2 is 1.51 bits per heavy atom. The Morgan fingerprint density at radius 1 is 0.822 bits per heavy atom. The Bertz CT molecular complexity index is 2050. The highest BCUT2D eigenvalue weighted by Gasteiger charge is 2.27. The van der Waals surface area contributed by atoms with Crippen LogP contribution in [0.1, 0.15) is 33.4 Å². The van der Waals surface area contributed by atoms with Crippen LogP contribution in [-0.4, -0.2) is 23.1 Å². The summed E-state index contributed by atoms with van der Waals surface area (Å²) >= 11 is 0. The van der Waals surface area contributed by atoms with Gasteiger partial charge in [0.1, 0.15) is 24.0 Å². The third kappa shape index (κ3) is 6.50. The minimum absolute atomic E-state index is 0.0515. The van der Waals surface area contributed by atoms with E-state index < -0.39 is 23.7 Å². The minimum Gasteiger partial charge on any atom is -0.445 e. The highest BCUT2D eigenvalue weighted by Crippen LogP contribution is 2.30. The molecule has 4 aromatic carbocycles. The first-order chi connectivity index (χ1) is 21.9. The topological polar surface area (TPSA) is 111 Å². The average Bonchev–Trinajstić information content (AvgIpc) is 3.47. The lowest BCUT2D eigenvalue weighted by molar-refractivity contribution is -0.136. The van der Waals surface area contributed by atoms with Crippen molar-refractivity contribution in [3.63, 3.8) is 0 Å². The fraction of sp³-hybridized carbons (Fsp3) is 0.162. The maximum Gasteiger partial charge on any atom is 0.408 e.